The van der Waals surface area contributed by atoms with Gasteiger partial charge in [0, 0.05) is 5.69 Å². The van der Waals surface area contributed by atoms with Crippen molar-refractivity contribution in [3.63, 3.8) is 0 Å². The summed E-state index contributed by atoms with van der Waals surface area (Å²) in [7, 11) is -3.16. The molecule has 0 aliphatic rings. The van der Waals surface area contributed by atoms with Crippen molar-refractivity contribution >= 4 is 22.1 Å². The van der Waals surface area contributed by atoms with Crippen LogP contribution in [0.3, 0.4) is 0 Å². The van der Waals surface area contributed by atoms with Gasteiger partial charge in [-0.3, -0.25) is 0 Å². The van der Waals surface area contributed by atoms with Crippen LogP contribution in [0.1, 0.15) is 41.5 Å². The van der Waals surface area contributed by atoms with Crippen molar-refractivity contribution in [1.29, 1.82) is 0 Å². The van der Waals surface area contributed by atoms with E-state index in [0.29, 0.717) is 23.2 Å². The van der Waals surface area contributed by atoms with Gasteiger partial charge in [-0.25, -0.2) is 0 Å². The van der Waals surface area contributed by atoms with Crippen molar-refractivity contribution in [1.82, 2.24) is 0 Å². The Labute approximate surface area is 157 Å². The highest BCUT2D eigenvalue weighted by Gasteiger charge is 2.46. The molecular formula is C21H37NOSi2. The Morgan fingerprint density at radius 2 is 1.36 bits per heavy atom. The molecule has 0 fully saturated rings. The van der Waals surface area contributed by atoms with Gasteiger partial charge in [0.2, 0.25) is 0 Å². The quantitative estimate of drug-likeness (QED) is 0.432. The molecule has 0 saturated heterocycles. The fourth-order valence-corrected chi connectivity index (χ4v) is 9.52. The van der Waals surface area contributed by atoms with E-state index in [9.17, 15) is 0 Å². The molecule has 0 aliphatic heterocycles. The van der Waals surface area contributed by atoms with Gasteiger partial charge < -0.3 is 9.74 Å². The smallest absolute Gasteiger partial charge is 0.258 e. The molecule has 0 aliphatic carbocycles. The zero-order valence-electron chi connectivity index (χ0n) is 17.7. The molecule has 1 aromatic carbocycles. The highest BCUT2D eigenvalue weighted by molar-refractivity contribution is 6.83. The summed E-state index contributed by atoms with van der Waals surface area (Å²) in [5.74, 6) is 4.25. The Morgan fingerprint density at radius 1 is 0.880 bits per heavy atom. The molecule has 0 saturated carbocycles. The van der Waals surface area contributed by atoms with Gasteiger partial charge in [-0.15, -0.1) is 5.54 Å². The SMILES string of the molecule is CC(C)[Si](Oc1ccc(NCC#C[Si](C)(C)C)cc1)(C(C)C)C(C)C. The van der Waals surface area contributed by atoms with Crippen LogP contribution in [0.4, 0.5) is 5.69 Å². The van der Waals surface area contributed by atoms with Crippen LogP contribution in [0.15, 0.2) is 24.3 Å². The first-order valence-corrected chi connectivity index (χ1v) is 15.2. The second-order valence-electron chi connectivity index (χ2n) is 8.85. The van der Waals surface area contributed by atoms with E-state index < -0.39 is 16.4 Å². The van der Waals surface area contributed by atoms with Crippen molar-refractivity contribution in [3.05, 3.63) is 24.3 Å². The summed E-state index contributed by atoms with van der Waals surface area (Å²) >= 11 is 0. The minimum atomic E-state index is -1.88. The van der Waals surface area contributed by atoms with E-state index in [2.05, 4.69) is 102 Å². The molecule has 4 heteroatoms. The van der Waals surface area contributed by atoms with Crippen LogP contribution < -0.4 is 9.74 Å². The van der Waals surface area contributed by atoms with E-state index in [4.69, 9.17) is 4.43 Å². The molecular weight excluding hydrogens is 338 g/mol. The van der Waals surface area contributed by atoms with Crippen molar-refractivity contribution in [2.24, 2.45) is 0 Å². The Hall–Kier alpha value is -1.19. The van der Waals surface area contributed by atoms with Crippen molar-refractivity contribution < 1.29 is 4.43 Å². The van der Waals surface area contributed by atoms with Gasteiger partial charge in [0.05, 0.1) is 6.54 Å². The van der Waals surface area contributed by atoms with Gasteiger partial charge >= 0.3 is 0 Å². The molecule has 0 amide bonds. The molecule has 0 unspecified atom stereocenters. The normalized spacial score (nSPS) is 12.3. The van der Waals surface area contributed by atoms with Gasteiger partial charge in [0.25, 0.3) is 8.32 Å². The Bertz CT molecular complexity index is 567. The van der Waals surface area contributed by atoms with Crippen molar-refractivity contribution in [2.75, 3.05) is 11.9 Å². The fraction of sp³-hybridized carbons (Fsp3) is 0.619. The molecule has 0 bridgehead atoms. The van der Waals surface area contributed by atoms with Crippen LogP contribution in [-0.2, 0) is 0 Å². The fourth-order valence-electron chi connectivity index (χ4n) is 3.65. The highest BCUT2D eigenvalue weighted by Crippen LogP contribution is 2.42. The number of hydrogen-bond donors (Lipinski definition) is 1. The van der Waals surface area contributed by atoms with Crippen LogP contribution in [-0.4, -0.2) is 22.9 Å². The van der Waals surface area contributed by atoms with Crippen LogP contribution in [0, 0.1) is 11.5 Å². The number of benzene rings is 1. The Morgan fingerprint density at radius 3 is 1.76 bits per heavy atom. The second kappa shape index (κ2) is 8.96. The van der Waals surface area contributed by atoms with E-state index in [0.717, 1.165) is 11.4 Å². The van der Waals surface area contributed by atoms with E-state index >= 15 is 0 Å². The Balaban J connectivity index is 2.83. The van der Waals surface area contributed by atoms with E-state index in [1.807, 2.05) is 0 Å². The molecule has 140 valence electrons. The first kappa shape index (κ1) is 21.9. The molecule has 0 heterocycles. The zero-order valence-corrected chi connectivity index (χ0v) is 19.7. The topological polar surface area (TPSA) is 21.3 Å². The molecule has 1 rings (SSSR count). The summed E-state index contributed by atoms with van der Waals surface area (Å²) < 4.78 is 6.70. The summed E-state index contributed by atoms with van der Waals surface area (Å²) in [5.41, 5.74) is 6.24. The lowest BCUT2D eigenvalue weighted by atomic mass is 10.3. The lowest BCUT2D eigenvalue weighted by Gasteiger charge is -2.42. The van der Waals surface area contributed by atoms with Gasteiger partial charge in [0.1, 0.15) is 13.8 Å². The summed E-state index contributed by atoms with van der Waals surface area (Å²) in [6.45, 7) is 21.4. The predicted octanol–water partition coefficient (Wildman–Crippen LogP) is 6.53. The van der Waals surface area contributed by atoms with Crippen LogP contribution >= 0.6 is 0 Å². The molecule has 0 atom stereocenters. The van der Waals surface area contributed by atoms with Crippen LogP contribution in [0.5, 0.6) is 5.75 Å². The minimum Gasteiger partial charge on any atom is -0.543 e. The second-order valence-corrected chi connectivity index (χ2v) is 19.0. The third kappa shape index (κ3) is 6.23. The van der Waals surface area contributed by atoms with Crippen LogP contribution in [0.2, 0.25) is 36.3 Å². The minimum absolute atomic E-state index is 0.585. The summed E-state index contributed by atoms with van der Waals surface area (Å²) in [5, 5.41) is 3.38. The third-order valence-electron chi connectivity index (χ3n) is 4.70. The number of hydrogen-bond acceptors (Lipinski definition) is 2. The summed E-state index contributed by atoms with van der Waals surface area (Å²) in [6.07, 6.45) is 0. The summed E-state index contributed by atoms with van der Waals surface area (Å²) in [6, 6.07) is 8.41. The molecule has 25 heavy (non-hydrogen) atoms. The zero-order chi connectivity index (χ0) is 19.3. The molecule has 2 nitrogen and oxygen atoms in total. The first-order valence-electron chi connectivity index (χ1n) is 9.52. The monoisotopic (exact) mass is 375 g/mol. The number of anilines is 1. The van der Waals surface area contributed by atoms with Gasteiger partial charge in [-0.1, -0.05) is 67.1 Å². The average Bonchev–Trinajstić information content (AvgIpc) is 2.48. The number of nitrogens with one attached hydrogen (secondary N) is 1. The standard InChI is InChI=1S/C21H37NOSi2/c1-17(2)25(18(3)4,19(5)6)23-21-13-11-20(12-14-21)22-15-10-16-24(7,8)9/h11-14,17-19,22H,15H2,1-9H3. The van der Waals surface area contributed by atoms with E-state index in [-0.39, 0.29) is 0 Å². The lowest BCUT2D eigenvalue weighted by Crippen LogP contribution is -2.50. The van der Waals surface area contributed by atoms with Gasteiger partial charge in [0.15, 0.2) is 0 Å². The van der Waals surface area contributed by atoms with Crippen LogP contribution in [0.25, 0.3) is 0 Å². The molecule has 1 aromatic rings. The largest absolute Gasteiger partial charge is 0.543 e. The van der Waals surface area contributed by atoms with Gasteiger partial charge in [-0.05, 0) is 40.9 Å². The van der Waals surface area contributed by atoms with Crippen molar-refractivity contribution in [3.8, 4) is 17.2 Å². The maximum absolute atomic E-state index is 6.70. The number of rotatable bonds is 7. The maximum Gasteiger partial charge on any atom is 0.258 e. The lowest BCUT2D eigenvalue weighted by molar-refractivity contribution is 0.480. The molecule has 0 aromatic heterocycles. The molecule has 0 radical (unpaired) electrons. The maximum atomic E-state index is 6.70. The predicted molar refractivity (Wildman–Crippen MR) is 118 cm³/mol. The van der Waals surface area contributed by atoms with E-state index in [1.54, 1.807) is 0 Å². The highest BCUT2D eigenvalue weighted by atomic mass is 28.4. The molecule has 1 N–H and O–H groups in total. The molecule has 0 spiro atoms. The summed E-state index contributed by atoms with van der Waals surface area (Å²) in [4.78, 5) is 0. The van der Waals surface area contributed by atoms with E-state index in [1.165, 1.54) is 0 Å². The Kier molecular flexibility index (Phi) is 7.83. The average molecular weight is 376 g/mol. The third-order valence-corrected chi connectivity index (χ3v) is 11.6. The van der Waals surface area contributed by atoms with Crippen molar-refractivity contribution in [2.45, 2.75) is 77.8 Å². The first-order chi connectivity index (χ1) is 11.5. The van der Waals surface area contributed by atoms with Gasteiger partial charge in [-0.2, -0.15) is 0 Å².